The van der Waals surface area contributed by atoms with Gasteiger partial charge in [0, 0.05) is 38.8 Å². The van der Waals surface area contributed by atoms with Crippen molar-refractivity contribution in [1.29, 1.82) is 5.26 Å². The van der Waals surface area contributed by atoms with Crippen LogP contribution in [0.15, 0.2) is 0 Å². The minimum Gasteiger partial charge on any atom is -0.395 e. The van der Waals surface area contributed by atoms with Gasteiger partial charge in [-0.15, -0.1) is 0 Å². The molecule has 0 bridgehead atoms. The van der Waals surface area contributed by atoms with Crippen LogP contribution in [0.1, 0.15) is 13.3 Å². The van der Waals surface area contributed by atoms with Gasteiger partial charge in [0.1, 0.15) is 0 Å². The fraction of sp³-hybridized carbons (Fsp3) is 0.900. The van der Waals surface area contributed by atoms with Crippen molar-refractivity contribution < 1.29 is 5.11 Å². The van der Waals surface area contributed by atoms with Gasteiger partial charge in [0.25, 0.3) is 0 Å². The first-order chi connectivity index (χ1) is 6.77. The van der Waals surface area contributed by atoms with Crippen LogP contribution >= 0.6 is 0 Å². The third kappa shape index (κ3) is 3.26. The molecule has 14 heavy (non-hydrogen) atoms. The molecule has 80 valence electrons. The molecular formula is C10H19N3O. The molecule has 1 saturated heterocycles. The second-order valence-corrected chi connectivity index (χ2v) is 3.81. The van der Waals surface area contributed by atoms with Crippen LogP contribution in [0.5, 0.6) is 0 Å². The van der Waals surface area contributed by atoms with Gasteiger partial charge in [0.2, 0.25) is 0 Å². The maximum Gasteiger partial charge on any atom is 0.0638 e. The van der Waals surface area contributed by atoms with Crippen molar-refractivity contribution in [3.63, 3.8) is 0 Å². The zero-order chi connectivity index (χ0) is 10.4. The molecular weight excluding hydrogens is 178 g/mol. The summed E-state index contributed by atoms with van der Waals surface area (Å²) in [5, 5.41) is 17.4. The molecule has 1 aliphatic heterocycles. The molecule has 0 aromatic carbocycles. The fourth-order valence-corrected chi connectivity index (χ4v) is 1.83. The molecule has 1 N–H and O–H groups in total. The summed E-state index contributed by atoms with van der Waals surface area (Å²) in [5.74, 6) is 0. The Balaban J connectivity index is 2.25. The SMILES string of the molecule is CC(CC#N)N1CCN(CCO)CC1. The molecule has 0 amide bonds. The molecule has 0 aromatic rings. The van der Waals surface area contributed by atoms with Crippen LogP contribution in [-0.2, 0) is 0 Å². The normalized spacial score (nSPS) is 21.8. The van der Waals surface area contributed by atoms with Gasteiger partial charge in [-0.3, -0.25) is 9.80 Å². The van der Waals surface area contributed by atoms with E-state index in [1.165, 1.54) is 0 Å². The third-order valence-corrected chi connectivity index (χ3v) is 2.83. The van der Waals surface area contributed by atoms with Crippen LogP contribution in [0, 0.1) is 11.3 Å². The van der Waals surface area contributed by atoms with E-state index in [1.807, 2.05) is 0 Å². The zero-order valence-corrected chi connectivity index (χ0v) is 8.82. The van der Waals surface area contributed by atoms with E-state index in [1.54, 1.807) is 0 Å². The van der Waals surface area contributed by atoms with E-state index in [0.717, 1.165) is 32.7 Å². The molecule has 4 nitrogen and oxygen atoms in total. The van der Waals surface area contributed by atoms with E-state index in [4.69, 9.17) is 10.4 Å². The number of hydrogen-bond acceptors (Lipinski definition) is 4. The quantitative estimate of drug-likeness (QED) is 0.683. The van der Waals surface area contributed by atoms with Gasteiger partial charge in [0.15, 0.2) is 0 Å². The van der Waals surface area contributed by atoms with Crippen LogP contribution in [0.3, 0.4) is 0 Å². The summed E-state index contributed by atoms with van der Waals surface area (Å²) >= 11 is 0. The van der Waals surface area contributed by atoms with Crippen molar-refractivity contribution in [2.75, 3.05) is 39.3 Å². The molecule has 0 saturated carbocycles. The van der Waals surface area contributed by atoms with E-state index in [0.29, 0.717) is 12.5 Å². The first-order valence-electron chi connectivity index (χ1n) is 5.22. The molecule has 0 aromatic heterocycles. The van der Waals surface area contributed by atoms with Gasteiger partial charge in [-0.2, -0.15) is 5.26 Å². The largest absolute Gasteiger partial charge is 0.395 e. The highest BCUT2D eigenvalue weighted by Gasteiger charge is 2.19. The lowest BCUT2D eigenvalue weighted by Gasteiger charge is -2.37. The van der Waals surface area contributed by atoms with Crippen molar-refractivity contribution in [2.45, 2.75) is 19.4 Å². The molecule has 0 radical (unpaired) electrons. The van der Waals surface area contributed by atoms with E-state index < -0.39 is 0 Å². The van der Waals surface area contributed by atoms with Gasteiger partial charge in [-0.1, -0.05) is 0 Å². The summed E-state index contributed by atoms with van der Waals surface area (Å²) in [6.45, 7) is 7.18. The summed E-state index contributed by atoms with van der Waals surface area (Å²) in [5.41, 5.74) is 0. The Labute approximate surface area is 85.7 Å². The summed E-state index contributed by atoms with van der Waals surface area (Å²) in [7, 11) is 0. The summed E-state index contributed by atoms with van der Waals surface area (Å²) < 4.78 is 0. The summed E-state index contributed by atoms with van der Waals surface area (Å²) in [4.78, 5) is 4.60. The van der Waals surface area contributed by atoms with Crippen LogP contribution in [0.4, 0.5) is 0 Å². The van der Waals surface area contributed by atoms with Crippen molar-refractivity contribution in [1.82, 2.24) is 9.80 Å². The lowest BCUT2D eigenvalue weighted by Crippen LogP contribution is -2.50. The first kappa shape index (κ1) is 11.4. The molecule has 1 aliphatic rings. The van der Waals surface area contributed by atoms with Gasteiger partial charge in [0.05, 0.1) is 19.1 Å². The molecule has 0 spiro atoms. The van der Waals surface area contributed by atoms with E-state index in [2.05, 4.69) is 22.8 Å². The number of piperazine rings is 1. The van der Waals surface area contributed by atoms with E-state index >= 15 is 0 Å². The fourth-order valence-electron chi connectivity index (χ4n) is 1.83. The monoisotopic (exact) mass is 197 g/mol. The first-order valence-corrected chi connectivity index (χ1v) is 5.22. The maximum absolute atomic E-state index is 8.78. The molecule has 0 aliphatic carbocycles. The highest BCUT2D eigenvalue weighted by atomic mass is 16.3. The Hall–Kier alpha value is -0.630. The minimum atomic E-state index is 0.244. The topological polar surface area (TPSA) is 50.5 Å². The van der Waals surface area contributed by atoms with Crippen LogP contribution < -0.4 is 0 Å². The number of aliphatic hydroxyl groups is 1. The molecule has 1 heterocycles. The Kier molecular flexibility index (Phi) is 4.88. The smallest absolute Gasteiger partial charge is 0.0638 e. The zero-order valence-electron chi connectivity index (χ0n) is 8.82. The standard InChI is InChI=1S/C10H19N3O/c1-10(2-3-11)13-6-4-12(5-7-13)8-9-14/h10,14H,2,4-9H2,1H3. The average molecular weight is 197 g/mol. The van der Waals surface area contributed by atoms with E-state index in [-0.39, 0.29) is 6.61 Å². The third-order valence-electron chi connectivity index (χ3n) is 2.83. The Bertz CT molecular complexity index is 194. The second kappa shape index (κ2) is 5.97. The molecule has 1 unspecified atom stereocenters. The van der Waals surface area contributed by atoms with Crippen molar-refractivity contribution in [3.8, 4) is 6.07 Å². The van der Waals surface area contributed by atoms with Crippen molar-refractivity contribution in [2.24, 2.45) is 0 Å². The number of hydrogen-bond donors (Lipinski definition) is 1. The number of rotatable bonds is 4. The maximum atomic E-state index is 8.78. The predicted molar refractivity (Wildman–Crippen MR) is 54.8 cm³/mol. The van der Waals surface area contributed by atoms with Gasteiger partial charge in [-0.05, 0) is 6.92 Å². The number of nitrogens with zero attached hydrogens (tertiary/aromatic N) is 3. The number of nitriles is 1. The van der Waals surface area contributed by atoms with Crippen LogP contribution in [0.2, 0.25) is 0 Å². The minimum absolute atomic E-state index is 0.244. The predicted octanol–water partition coefficient (Wildman–Crippen LogP) is -0.102. The molecule has 4 heteroatoms. The molecule has 1 atom stereocenters. The van der Waals surface area contributed by atoms with Crippen LogP contribution in [-0.4, -0.2) is 60.3 Å². The van der Waals surface area contributed by atoms with Gasteiger partial charge < -0.3 is 5.11 Å². The second-order valence-electron chi connectivity index (χ2n) is 3.81. The Morgan fingerprint density at radius 1 is 1.36 bits per heavy atom. The van der Waals surface area contributed by atoms with Crippen molar-refractivity contribution in [3.05, 3.63) is 0 Å². The van der Waals surface area contributed by atoms with Crippen LogP contribution in [0.25, 0.3) is 0 Å². The Morgan fingerprint density at radius 3 is 2.50 bits per heavy atom. The highest BCUT2D eigenvalue weighted by molar-refractivity contribution is 4.82. The average Bonchev–Trinajstić information content (AvgIpc) is 2.20. The lowest BCUT2D eigenvalue weighted by atomic mass is 10.2. The Morgan fingerprint density at radius 2 is 2.00 bits per heavy atom. The summed E-state index contributed by atoms with van der Waals surface area (Å²) in [6.07, 6.45) is 0.611. The molecule has 1 rings (SSSR count). The number of β-amino-alcohol motifs (C(OH)–C–C–N with tert-alkyl or cyclic N) is 1. The molecule has 1 fully saturated rings. The van der Waals surface area contributed by atoms with Gasteiger partial charge >= 0.3 is 0 Å². The lowest BCUT2D eigenvalue weighted by molar-refractivity contribution is 0.0901. The van der Waals surface area contributed by atoms with Crippen molar-refractivity contribution >= 4 is 0 Å². The van der Waals surface area contributed by atoms with E-state index in [9.17, 15) is 0 Å². The number of aliphatic hydroxyl groups excluding tert-OH is 1. The summed E-state index contributed by atoms with van der Waals surface area (Å²) in [6, 6.07) is 2.58. The highest BCUT2D eigenvalue weighted by Crippen LogP contribution is 2.07. The van der Waals surface area contributed by atoms with Gasteiger partial charge in [-0.25, -0.2) is 0 Å².